The highest BCUT2D eigenvalue weighted by Gasteiger charge is 2.16. The van der Waals surface area contributed by atoms with Crippen LogP contribution in [0.2, 0.25) is 0 Å². The Morgan fingerprint density at radius 3 is 2.13 bits per heavy atom. The van der Waals surface area contributed by atoms with Crippen LogP contribution in [-0.4, -0.2) is 0 Å². The van der Waals surface area contributed by atoms with Crippen molar-refractivity contribution in [2.75, 3.05) is 0 Å². The van der Waals surface area contributed by atoms with Crippen molar-refractivity contribution in [3.8, 4) is 24.7 Å². The van der Waals surface area contributed by atoms with Gasteiger partial charge in [0, 0.05) is 10.0 Å². The van der Waals surface area contributed by atoms with Crippen LogP contribution in [-0.2, 0) is 5.41 Å². The molecule has 0 heterocycles. The molecule has 15 heavy (non-hydrogen) atoms. The predicted molar refractivity (Wildman–Crippen MR) is 68.7 cm³/mol. The van der Waals surface area contributed by atoms with Gasteiger partial charge in [-0.05, 0) is 39.0 Å². The SMILES string of the molecule is C#Cc1cc(C(C)(C)C)cc(Br)c1C#C. The zero-order chi connectivity index (χ0) is 11.6. The van der Waals surface area contributed by atoms with E-state index in [2.05, 4.69) is 48.5 Å². The zero-order valence-corrected chi connectivity index (χ0v) is 10.8. The van der Waals surface area contributed by atoms with Crippen molar-refractivity contribution in [1.29, 1.82) is 0 Å². The van der Waals surface area contributed by atoms with Gasteiger partial charge in [0.15, 0.2) is 0 Å². The second kappa shape index (κ2) is 4.13. The van der Waals surface area contributed by atoms with E-state index in [0.29, 0.717) is 0 Å². The summed E-state index contributed by atoms with van der Waals surface area (Å²) in [5, 5.41) is 0. The van der Waals surface area contributed by atoms with Crippen molar-refractivity contribution < 1.29 is 0 Å². The highest BCUT2D eigenvalue weighted by atomic mass is 79.9. The highest BCUT2D eigenvalue weighted by Crippen LogP contribution is 2.29. The van der Waals surface area contributed by atoms with Crippen LogP contribution in [0, 0.1) is 24.7 Å². The molecule has 0 aromatic heterocycles. The van der Waals surface area contributed by atoms with Gasteiger partial charge in [-0.15, -0.1) is 12.8 Å². The maximum Gasteiger partial charge on any atom is 0.0541 e. The monoisotopic (exact) mass is 260 g/mol. The maximum atomic E-state index is 5.44. The lowest BCUT2D eigenvalue weighted by molar-refractivity contribution is 0.589. The molecule has 0 aliphatic rings. The molecule has 0 aliphatic carbocycles. The number of halogens is 1. The molecule has 0 amide bonds. The minimum atomic E-state index is 0.0707. The van der Waals surface area contributed by atoms with Crippen LogP contribution in [0.1, 0.15) is 37.5 Å². The van der Waals surface area contributed by atoms with Gasteiger partial charge in [0.2, 0.25) is 0 Å². The third-order valence-corrected chi connectivity index (χ3v) is 2.88. The number of terminal acetylenes is 2. The van der Waals surface area contributed by atoms with Crippen LogP contribution in [0.5, 0.6) is 0 Å². The maximum absolute atomic E-state index is 5.44. The van der Waals surface area contributed by atoms with Crippen molar-refractivity contribution in [1.82, 2.24) is 0 Å². The van der Waals surface area contributed by atoms with Crippen molar-refractivity contribution in [3.63, 3.8) is 0 Å². The molecular weight excluding hydrogens is 248 g/mol. The summed E-state index contributed by atoms with van der Waals surface area (Å²) < 4.78 is 0.894. The molecular formula is C14H13Br. The minimum Gasteiger partial charge on any atom is -0.115 e. The van der Waals surface area contributed by atoms with E-state index in [0.717, 1.165) is 15.6 Å². The molecule has 0 saturated carbocycles. The number of benzene rings is 1. The van der Waals surface area contributed by atoms with E-state index in [4.69, 9.17) is 12.8 Å². The molecule has 1 rings (SSSR count). The Morgan fingerprint density at radius 1 is 1.13 bits per heavy atom. The van der Waals surface area contributed by atoms with Crippen molar-refractivity contribution >= 4 is 15.9 Å². The molecule has 0 saturated heterocycles. The Hall–Kier alpha value is -1.18. The van der Waals surface area contributed by atoms with Gasteiger partial charge in [-0.25, -0.2) is 0 Å². The minimum absolute atomic E-state index is 0.0707. The van der Waals surface area contributed by atoms with Gasteiger partial charge in [-0.2, -0.15) is 0 Å². The lowest BCUT2D eigenvalue weighted by Crippen LogP contribution is -2.11. The highest BCUT2D eigenvalue weighted by molar-refractivity contribution is 9.10. The van der Waals surface area contributed by atoms with E-state index in [-0.39, 0.29) is 5.41 Å². The molecule has 1 aromatic carbocycles. The van der Waals surface area contributed by atoms with Crippen LogP contribution in [0.3, 0.4) is 0 Å². The van der Waals surface area contributed by atoms with Gasteiger partial charge in [0.05, 0.1) is 5.56 Å². The van der Waals surface area contributed by atoms with Gasteiger partial charge >= 0.3 is 0 Å². The van der Waals surface area contributed by atoms with Crippen LogP contribution >= 0.6 is 15.9 Å². The van der Waals surface area contributed by atoms with Crippen LogP contribution < -0.4 is 0 Å². The summed E-state index contributed by atoms with van der Waals surface area (Å²) in [6.45, 7) is 6.43. The fourth-order valence-corrected chi connectivity index (χ4v) is 1.87. The van der Waals surface area contributed by atoms with Crippen LogP contribution in [0.15, 0.2) is 16.6 Å². The molecule has 0 spiro atoms. The molecule has 0 nitrogen and oxygen atoms in total. The lowest BCUT2D eigenvalue weighted by Gasteiger charge is -2.20. The van der Waals surface area contributed by atoms with E-state index in [1.807, 2.05) is 12.1 Å². The Labute approximate surface area is 100 Å². The first-order valence-corrected chi connectivity index (χ1v) is 5.46. The van der Waals surface area contributed by atoms with Gasteiger partial charge in [-0.3, -0.25) is 0 Å². The molecule has 0 fully saturated rings. The van der Waals surface area contributed by atoms with E-state index in [1.165, 1.54) is 5.56 Å². The average molecular weight is 261 g/mol. The molecule has 0 aliphatic heterocycles. The quantitative estimate of drug-likeness (QED) is 0.624. The molecule has 76 valence electrons. The number of hydrogen-bond donors (Lipinski definition) is 0. The Kier molecular flexibility index (Phi) is 3.28. The normalized spacial score (nSPS) is 10.5. The summed E-state index contributed by atoms with van der Waals surface area (Å²) in [6, 6.07) is 4.02. The standard InChI is InChI=1S/C14H13Br/c1-6-10-8-11(14(3,4)5)9-13(15)12(10)7-2/h1-2,8-9H,3-5H3. The van der Waals surface area contributed by atoms with E-state index < -0.39 is 0 Å². The Balaban J connectivity index is 3.49. The number of hydrogen-bond acceptors (Lipinski definition) is 0. The summed E-state index contributed by atoms with van der Waals surface area (Å²) in [5.74, 6) is 5.23. The van der Waals surface area contributed by atoms with E-state index in [1.54, 1.807) is 0 Å². The average Bonchev–Trinajstić information content (AvgIpc) is 2.15. The van der Waals surface area contributed by atoms with Gasteiger partial charge in [-0.1, -0.05) is 32.6 Å². The zero-order valence-electron chi connectivity index (χ0n) is 9.19. The van der Waals surface area contributed by atoms with Crippen molar-refractivity contribution in [2.45, 2.75) is 26.2 Å². The summed E-state index contributed by atoms with van der Waals surface area (Å²) in [6.07, 6.45) is 10.9. The van der Waals surface area contributed by atoms with Gasteiger partial charge < -0.3 is 0 Å². The first kappa shape index (κ1) is 11.9. The Bertz CT molecular complexity index is 462. The van der Waals surface area contributed by atoms with Crippen LogP contribution in [0.4, 0.5) is 0 Å². The van der Waals surface area contributed by atoms with Crippen molar-refractivity contribution in [3.05, 3.63) is 33.3 Å². The van der Waals surface area contributed by atoms with E-state index in [9.17, 15) is 0 Å². The fraction of sp³-hybridized carbons (Fsp3) is 0.286. The smallest absolute Gasteiger partial charge is 0.0541 e. The summed E-state index contributed by atoms with van der Waals surface area (Å²) in [4.78, 5) is 0. The number of rotatable bonds is 0. The topological polar surface area (TPSA) is 0 Å². The van der Waals surface area contributed by atoms with E-state index >= 15 is 0 Å². The third kappa shape index (κ3) is 2.44. The summed E-state index contributed by atoms with van der Waals surface area (Å²) >= 11 is 3.45. The second-order valence-electron chi connectivity index (χ2n) is 4.42. The summed E-state index contributed by atoms with van der Waals surface area (Å²) in [5.41, 5.74) is 2.78. The third-order valence-electron chi connectivity index (χ3n) is 2.26. The second-order valence-corrected chi connectivity index (χ2v) is 5.27. The molecule has 0 atom stereocenters. The molecule has 0 radical (unpaired) electrons. The molecule has 0 bridgehead atoms. The van der Waals surface area contributed by atoms with Gasteiger partial charge in [0.1, 0.15) is 0 Å². The van der Waals surface area contributed by atoms with Crippen molar-refractivity contribution in [2.24, 2.45) is 0 Å². The molecule has 0 N–H and O–H groups in total. The Morgan fingerprint density at radius 2 is 1.73 bits per heavy atom. The van der Waals surface area contributed by atoms with Crippen LogP contribution in [0.25, 0.3) is 0 Å². The largest absolute Gasteiger partial charge is 0.115 e. The fourth-order valence-electron chi connectivity index (χ4n) is 1.30. The summed E-state index contributed by atoms with van der Waals surface area (Å²) in [7, 11) is 0. The molecule has 1 heteroatoms. The first-order chi connectivity index (χ1) is 6.90. The first-order valence-electron chi connectivity index (χ1n) is 4.67. The molecule has 1 aromatic rings. The molecule has 0 unspecified atom stereocenters. The lowest BCUT2D eigenvalue weighted by atomic mass is 9.85. The predicted octanol–water partition coefficient (Wildman–Crippen LogP) is 3.71. The van der Waals surface area contributed by atoms with Gasteiger partial charge in [0.25, 0.3) is 0 Å².